The van der Waals surface area contributed by atoms with E-state index in [9.17, 15) is 9.18 Å². The molecule has 1 aromatic heterocycles. The van der Waals surface area contributed by atoms with Gasteiger partial charge in [0.15, 0.2) is 11.6 Å². The fraction of sp³-hybridized carbons (Fsp3) is 0.143. The summed E-state index contributed by atoms with van der Waals surface area (Å²) in [5.41, 5.74) is 5.00. The summed E-state index contributed by atoms with van der Waals surface area (Å²) in [5, 5.41) is 0.910. The van der Waals surface area contributed by atoms with Crippen LogP contribution in [-0.4, -0.2) is 18.1 Å². The molecule has 0 fully saturated rings. The van der Waals surface area contributed by atoms with Gasteiger partial charge in [-0.2, -0.15) is 0 Å². The summed E-state index contributed by atoms with van der Waals surface area (Å²) < 4.78 is 25.0. The lowest BCUT2D eigenvalue weighted by atomic mass is 10.1. The number of pyridine rings is 1. The van der Waals surface area contributed by atoms with Crippen LogP contribution in [0.4, 0.5) is 14.9 Å². The molecular weight excluding hydrogens is 389 g/mol. The number of halogens is 1. The molecule has 9 heteroatoms. The second-order valence-electron chi connectivity index (χ2n) is 6.36. The first-order valence-electron chi connectivity index (χ1n) is 9.03. The van der Waals surface area contributed by atoms with E-state index in [0.29, 0.717) is 28.4 Å². The largest absolute Gasteiger partial charge is 0.493 e. The summed E-state index contributed by atoms with van der Waals surface area (Å²) in [6, 6.07) is 14.4. The van der Waals surface area contributed by atoms with Gasteiger partial charge in [0.25, 0.3) is 0 Å². The third-order valence-corrected chi connectivity index (χ3v) is 4.52. The second-order valence-corrected chi connectivity index (χ2v) is 6.36. The van der Waals surface area contributed by atoms with Crippen molar-refractivity contribution in [3.05, 3.63) is 71.5 Å². The van der Waals surface area contributed by atoms with Gasteiger partial charge >= 0.3 is 6.03 Å². The number of carbonyl (C=O) groups excluding carboxylic acids is 1. The molecule has 0 bridgehead atoms. The van der Waals surface area contributed by atoms with E-state index in [1.807, 2.05) is 18.4 Å². The summed E-state index contributed by atoms with van der Waals surface area (Å²) in [4.78, 5) is 16.3. The zero-order chi connectivity index (χ0) is 21.7. The normalized spacial score (nSPS) is 10.4. The second kappa shape index (κ2) is 9.21. The lowest BCUT2D eigenvalue weighted by Crippen LogP contribution is -2.48. The number of hydrazine groups is 2. The summed E-state index contributed by atoms with van der Waals surface area (Å²) in [6.45, 7) is 1.97. The first kappa shape index (κ1) is 21.0. The molecule has 0 aliphatic heterocycles. The average Bonchev–Trinajstić information content (AvgIpc) is 2.77. The van der Waals surface area contributed by atoms with Crippen LogP contribution in [0.3, 0.4) is 0 Å². The molecule has 1 heterocycles. The quantitative estimate of drug-likeness (QED) is 0.326. The Morgan fingerprint density at radius 2 is 1.90 bits per heavy atom. The number of ether oxygens (including phenoxy) is 2. The fourth-order valence-corrected chi connectivity index (χ4v) is 2.99. The number of carbonyl (C=O) groups is 1. The molecule has 3 aromatic rings. The molecule has 0 saturated carbocycles. The van der Waals surface area contributed by atoms with Crippen LogP contribution >= 0.6 is 0 Å². The zero-order valence-corrected chi connectivity index (χ0v) is 16.6. The third-order valence-electron chi connectivity index (χ3n) is 4.52. The number of hydrogen-bond donors (Lipinski definition) is 3. The van der Waals surface area contributed by atoms with Crippen LogP contribution in [0.2, 0.25) is 0 Å². The highest BCUT2D eigenvalue weighted by atomic mass is 19.1. The maximum Gasteiger partial charge on any atom is 0.350 e. The highest BCUT2D eigenvalue weighted by Gasteiger charge is 2.17. The number of amides is 2. The van der Waals surface area contributed by atoms with Crippen LogP contribution in [0.25, 0.3) is 11.3 Å². The Kier molecular flexibility index (Phi) is 6.45. The highest BCUT2D eigenvalue weighted by Crippen LogP contribution is 2.32. The van der Waals surface area contributed by atoms with Crippen LogP contribution in [-0.2, 0) is 6.61 Å². The number of anilines is 1. The molecule has 0 aliphatic carbocycles. The number of methoxy groups -OCH3 is 1. The monoisotopic (exact) mass is 411 g/mol. The summed E-state index contributed by atoms with van der Waals surface area (Å²) in [5.74, 6) is 11.0. The predicted molar refractivity (Wildman–Crippen MR) is 111 cm³/mol. The van der Waals surface area contributed by atoms with Crippen molar-refractivity contribution in [2.75, 3.05) is 12.1 Å². The number of hydrogen-bond acceptors (Lipinski definition) is 6. The number of nitrogens with two attached hydrogens (primary N) is 2. The maximum absolute atomic E-state index is 14.0. The van der Waals surface area contributed by atoms with Gasteiger partial charge in [-0.3, -0.25) is 5.43 Å². The molecule has 0 spiro atoms. The van der Waals surface area contributed by atoms with Gasteiger partial charge in [-0.15, -0.1) is 0 Å². The Bertz CT molecular complexity index is 1060. The smallest absolute Gasteiger partial charge is 0.350 e. The molecule has 2 amide bonds. The zero-order valence-electron chi connectivity index (χ0n) is 16.6. The molecule has 0 saturated heterocycles. The molecule has 3 rings (SSSR count). The van der Waals surface area contributed by atoms with Gasteiger partial charge in [0.1, 0.15) is 6.61 Å². The summed E-state index contributed by atoms with van der Waals surface area (Å²) >= 11 is 0. The molecule has 0 radical (unpaired) electrons. The molecule has 8 nitrogen and oxygen atoms in total. The van der Waals surface area contributed by atoms with Crippen LogP contribution in [0, 0.1) is 12.7 Å². The number of aryl methyl sites for hydroxylation is 1. The summed E-state index contributed by atoms with van der Waals surface area (Å²) in [6.07, 6.45) is 0. The van der Waals surface area contributed by atoms with Crippen LogP contribution in [0.1, 0.15) is 11.1 Å². The van der Waals surface area contributed by atoms with Crippen LogP contribution in [0.15, 0.2) is 54.6 Å². The molecule has 0 atom stereocenters. The van der Waals surface area contributed by atoms with E-state index in [4.69, 9.17) is 21.2 Å². The lowest BCUT2D eigenvalue weighted by Gasteiger charge is -2.21. The van der Waals surface area contributed by atoms with Crippen molar-refractivity contribution in [1.82, 2.24) is 10.4 Å². The fourth-order valence-electron chi connectivity index (χ4n) is 2.99. The van der Waals surface area contributed by atoms with E-state index >= 15 is 0 Å². The molecule has 0 aliphatic rings. The van der Waals surface area contributed by atoms with E-state index in [-0.39, 0.29) is 12.4 Å². The number of aromatic nitrogens is 1. The Morgan fingerprint density at radius 3 is 2.63 bits per heavy atom. The van der Waals surface area contributed by atoms with Gasteiger partial charge in [0.05, 0.1) is 18.5 Å². The van der Waals surface area contributed by atoms with Crippen LogP contribution in [0.5, 0.6) is 11.6 Å². The Balaban J connectivity index is 1.88. The first-order valence-corrected chi connectivity index (χ1v) is 9.03. The first-order chi connectivity index (χ1) is 14.5. The molecule has 2 aromatic carbocycles. The SMILES string of the molecule is COc1c(F)cccc1-c1cccc(OCc2c(C)cccc2N(N)C(=O)NN)n1. The van der Waals surface area contributed by atoms with Gasteiger partial charge in [-0.25, -0.2) is 30.9 Å². The number of nitrogens with zero attached hydrogens (tertiary/aromatic N) is 2. The van der Waals surface area contributed by atoms with E-state index in [1.54, 1.807) is 42.5 Å². The lowest BCUT2D eigenvalue weighted by molar-refractivity contribution is 0.246. The van der Waals surface area contributed by atoms with E-state index in [0.717, 1.165) is 10.6 Å². The Labute approximate surface area is 173 Å². The summed E-state index contributed by atoms with van der Waals surface area (Å²) in [7, 11) is 1.40. The average molecular weight is 411 g/mol. The van der Waals surface area contributed by atoms with E-state index in [1.165, 1.54) is 13.2 Å². The predicted octanol–water partition coefficient (Wildman–Crippen LogP) is 3.05. The molecule has 156 valence electrons. The number of rotatable bonds is 6. The maximum atomic E-state index is 14.0. The number of para-hydroxylation sites is 1. The third kappa shape index (κ3) is 4.32. The minimum absolute atomic E-state index is 0.101. The van der Waals surface area contributed by atoms with Gasteiger partial charge in [-0.1, -0.05) is 24.3 Å². The van der Waals surface area contributed by atoms with Gasteiger partial charge < -0.3 is 9.47 Å². The van der Waals surface area contributed by atoms with Crippen molar-refractivity contribution in [2.45, 2.75) is 13.5 Å². The van der Waals surface area contributed by atoms with Crippen molar-refractivity contribution in [2.24, 2.45) is 11.7 Å². The number of nitrogens with one attached hydrogen (secondary N) is 1. The van der Waals surface area contributed by atoms with Gasteiger partial charge in [0.2, 0.25) is 5.88 Å². The Morgan fingerprint density at radius 1 is 1.17 bits per heavy atom. The highest BCUT2D eigenvalue weighted by molar-refractivity contribution is 5.91. The van der Waals surface area contributed by atoms with Crippen LogP contribution < -0.4 is 31.6 Å². The van der Waals surface area contributed by atoms with Gasteiger partial charge in [-0.05, 0) is 36.8 Å². The molecule has 0 unspecified atom stereocenters. The molecule has 30 heavy (non-hydrogen) atoms. The Hall–Kier alpha value is -3.69. The van der Waals surface area contributed by atoms with Crippen molar-refractivity contribution < 1.29 is 18.7 Å². The number of benzene rings is 2. The van der Waals surface area contributed by atoms with Crippen molar-refractivity contribution in [3.8, 4) is 22.9 Å². The van der Waals surface area contributed by atoms with E-state index in [2.05, 4.69) is 4.98 Å². The van der Waals surface area contributed by atoms with Crippen molar-refractivity contribution in [1.29, 1.82) is 0 Å². The van der Waals surface area contributed by atoms with Crippen molar-refractivity contribution >= 4 is 11.7 Å². The topological polar surface area (TPSA) is 116 Å². The minimum atomic E-state index is -0.667. The van der Waals surface area contributed by atoms with E-state index < -0.39 is 11.8 Å². The standard InChI is InChI=1S/C21H22FN5O3/c1-13-6-3-10-18(27(24)21(28)26-23)15(13)12-30-19-11-5-9-17(25-19)14-7-4-8-16(22)20(14)29-2/h3-11H,12,23-24H2,1-2H3,(H,26,28). The molecular formula is C21H22FN5O3. The molecule has 5 N–H and O–H groups in total. The van der Waals surface area contributed by atoms with Gasteiger partial charge in [0, 0.05) is 17.2 Å². The minimum Gasteiger partial charge on any atom is -0.493 e. The number of urea groups is 1. The van der Waals surface area contributed by atoms with Crippen molar-refractivity contribution in [3.63, 3.8) is 0 Å².